The van der Waals surface area contributed by atoms with E-state index in [1.54, 1.807) is 49.4 Å². The molecule has 0 saturated carbocycles. The van der Waals surface area contributed by atoms with Crippen LogP contribution in [0.1, 0.15) is 6.92 Å². The monoisotopic (exact) mass is 369 g/mol. The Bertz CT molecular complexity index is 694. The first-order chi connectivity index (χ1) is 11.6. The van der Waals surface area contributed by atoms with E-state index in [-0.39, 0.29) is 6.61 Å². The van der Waals surface area contributed by atoms with Crippen LogP contribution in [0.25, 0.3) is 0 Å². The van der Waals surface area contributed by atoms with E-state index in [9.17, 15) is 4.79 Å². The van der Waals surface area contributed by atoms with Crippen LogP contribution in [-0.2, 0) is 4.74 Å². The molecule has 0 radical (unpaired) electrons. The van der Waals surface area contributed by atoms with Gasteiger partial charge < -0.3 is 19.5 Å². The standard InChI is InChI=1S/C17H17Cl2NO4/c1-2-22-17(21)20-8-9-23-16-7-6-14(11-15(16)19)24-13-5-3-4-12(18)10-13/h3-7,10-11H,2,8-9H2,1H3,(H,20,21). The van der Waals surface area contributed by atoms with Crippen molar-refractivity contribution in [1.82, 2.24) is 5.32 Å². The lowest BCUT2D eigenvalue weighted by molar-refractivity contribution is 0.150. The van der Waals surface area contributed by atoms with Crippen LogP contribution in [0.2, 0.25) is 10.0 Å². The maximum Gasteiger partial charge on any atom is 0.407 e. The maximum atomic E-state index is 11.1. The molecule has 2 aromatic rings. The summed E-state index contributed by atoms with van der Waals surface area (Å²) < 4.78 is 15.9. The summed E-state index contributed by atoms with van der Waals surface area (Å²) >= 11 is 12.1. The van der Waals surface area contributed by atoms with E-state index in [1.165, 1.54) is 0 Å². The second kappa shape index (κ2) is 9.25. The van der Waals surface area contributed by atoms with Gasteiger partial charge in [-0.05, 0) is 37.3 Å². The summed E-state index contributed by atoms with van der Waals surface area (Å²) in [7, 11) is 0. The predicted molar refractivity (Wildman–Crippen MR) is 93.5 cm³/mol. The van der Waals surface area contributed by atoms with Gasteiger partial charge in [-0.2, -0.15) is 0 Å². The molecule has 0 fully saturated rings. The highest BCUT2D eigenvalue weighted by Gasteiger charge is 2.06. The summed E-state index contributed by atoms with van der Waals surface area (Å²) in [5.41, 5.74) is 0. The molecule has 0 heterocycles. The molecule has 0 aromatic heterocycles. The van der Waals surface area contributed by atoms with E-state index >= 15 is 0 Å². The Morgan fingerprint density at radius 3 is 2.62 bits per heavy atom. The fourth-order valence-electron chi connectivity index (χ4n) is 1.82. The molecular weight excluding hydrogens is 353 g/mol. The smallest absolute Gasteiger partial charge is 0.407 e. The first-order valence-electron chi connectivity index (χ1n) is 7.35. The minimum absolute atomic E-state index is 0.271. The zero-order chi connectivity index (χ0) is 17.4. The number of benzene rings is 2. The number of rotatable bonds is 7. The molecule has 0 aliphatic heterocycles. The number of hydrogen-bond donors (Lipinski definition) is 1. The van der Waals surface area contributed by atoms with Gasteiger partial charge >= 0.3 is 6.09 Å². The third-order valence-corrected chi connectivity index (χ3v) is 3.37. The lowest BCUT2D eigenvalue weighted by Crippen LogP contribution is -2.28. The molecule has 0 saturated heterocycles. The van der Waals surface area contributed by atoms with Crippen molar-refractivity contribution in [3.8, 4) is 17.2 Å². The number of carbonyl (C=O) groups excluding carboxylic acids is 1. The lowest BCUT2D eigenvalue weighted by atomic mass is 10.3. The summed E-state index contributed by atoms with van der Waals surface area (Å²) in [6, 6.07) is 12.2. The van der Waals surface area contributed by atoms with Gasteiger partial charge in [0.2, 0.25) is 0 Å². The lowest BCUT2D eigenvalue weighted by Gasteiger charge is -2.11. The van der Waals surface area contributed by atoms with Gasteiger partial charge in [-0.25, -0.2) is 4.79 Å². The van der Waals surface area contributed by atoms with E-state index in [1.807, 2.05) is 0 Å². The number of carbonyl (C=O) groups is 1. The van der Waals surface area contributed by atoms with Crippen molar-refractivity contribution in [3.05, 3.63) is 52.5 Å². The highest BCUT2D eigenvalue weighted by molar-refractivity contribution is 6.32. The summed E-state index contributed by atoms with van der Waals surface area (Å²) in [5.74, 6) is 1.69. The van der Waals surface area contributed by atoms with E-state index in [4.69, 9.17) is 37.4 Å². The first kappa shape index (κ1) is 18.2. The van der Waals surface area contributed by atoms with Crippen molar-refractivity contribution in [1.29, 1.82) is 0 Å². The average molecular weight is 370 g/mol. The van der Waals surface area contributed by atoms with Gasteiger partial charge in [0.25, 0.3) is 0 Å². The van der Waals surface area contributed by atoms with E-state index < -0.39 is 6.09 Å². The molecule has 0 atom stereocenters. The summed E-state index contributed by atoms with van der Waals surface area (Å²) in [6.07, 6.45) is -0.475. The predicted octanol–water partition coefficient (Wildman–Crippen LogP) is 4.91. The molecule has 0 bridgehead atoms. The van der Waals surface area contributed by atoms with Crippen LogP contribution in [0.15, 0.2) is 42.5 Å². The second-order valence-corrected chi connectivity index (χ2v) is 5.49. The third kappa shape index (κ3) is 5.83. The number of alkyl carbamates (subject to hydrolysis) is 1. The fraction of sp³-hybridized carbons (Fsp3) is 0.235. The Kier molecular flexibility index (Phi) is 7.03. The zero-order valence-electron chi connectivity index (χ0n) is 13.1. The molecule has 0 spiro atoms. The topological polar surface area (TPSA) is 56.8 Å². The Morgan fingerprint density at radius 1 is 1.12 bits per heavy atom. The number of nitrogens with one attached hydrogen (secondary N) is 1. The minimum Gasteiger partial charge on any atom is -0.490 e. The van der Waals surface area contributed by atoms with Crippen molar-refractivity contribution < 1.29 is 19.0 Å². The van der Waals surface area contributed by atoms with Crippen LogP contribution >= 0.6 is 23.2 Å². The Labute approximate surface area is 150 Å². The third-order valence-electron chi connectivity index (χ3n) is 2.84. The minimum atomic E-state index is -0.475. The van der Waals surface area contributed by atoms with Crippen LogP contribution < -0.4 is 14.8 Å². The van der Waals surface area contributed by atoms with E-state index in [0.29, 0.717) is 40.4 Å². The highest BCUT2D eigenvalue weighted by atomic mass is 35.5. The molecule has 0 aliphatic rings. The summed E-state index contributed by atoms with van der Waals surface area (Å²) in [5, 5.41) is 3.55. The fourth-order valence-corrected chi connectivity index (χ4v) is 2.23. The highest BCUT2D eigenvalue weighted by Crippen LogP contribution is 2.31. The molecule has 128 valence electrons. The average Bonchev–Trinajstić information content (AvgIpc) is 2.53. The van der Waals surface area contributed by atoms with Gasteiger partial charge in [0.05, 0.1) is 18.2 Å². The second-order valence-electron chi connectivity index (χ2n) is 4.65. The van der Waals surface area contributed by atoms with Crippen LogP contribution in [0, 0.1) is 0 Å². The number of halogens is 2. The van der Waals surface area contributed by atoms with E-state index in [2.05, 4.69) is 5.32 Å². The van der Waals surface area contributed by atoms with Crippen molar-refractivity contribution in [2.75, 3.05) is 19.8 Å². The molecule has 1 N–H and O–H groups in total. The number of ether oxygens (including phenoxy) is 3. The molecule has 0 unspecified atom stereocenters. The van der Waals surface area contributed by atoms with Crippen LogP contribution in [0.4, 0.5) is 4.79 Å². The molecule has 0 aliphatic carbocycles. The molecule has 24 heavy (non-hydrogen) atoms. The van der Waals surface area contributed by atoms with Gasteiger partial charge in [-0.15, -0.1) is 0 Å². The van der Waals surface area contributed by atoms with Crippen molar-refractivity contribution in [2.24, 2.45) is 0 Å². The first-order valence-corrected chi connectivity index (χ1v) is 8.10. The van der Waals surface area contributed by atoms with Crippen LogP contribution in [0.3, 0.4) is 0 Å². The van der Waals surface area contributed by atoms with Crippen LogP contribution in [-0.4, -0.2) is 25.9 Å². The van der Waals surface area contributed by atoms with E-state index in [0.717, 1.165) is 0 Å². The Morgan fingerprint density at radius 2 is 1.92 bits per heavy atom. The maximum absolute atomic E-state index is 11.1. The zero-order valence-corrected chi connectivity index (χ0v) is 14.6. The van der Waals surface area contributed by atoms with Crippen molar-refractivity contribution >= 4 is 29.3 Å². The molecule has 1 amide bonds. The van der Waals surface area contributed by atoms with Gasteiger partial charge in [-0.1, -0.05) is 29.3 Å². The largest absolute Gasteiger partial charge is 0.490 e. The molecular formula is C17H17Cl2NO4. The Hall–Kier alpha value is -2.11. The molecule has 5 nitrogen and oxygen atoms in total. The summed E-state index contributed by atoms with van der Waals surface area (Å²) in [4.78, 5) is 11.1. The van der Waals surface area contributed by atoms with Gasteiger partial charge in [0.15, 0.2) is 0 Å². The van der Waals surface area contributed by atoms with Gasteiger partial charge in [0.1, 0.15) is 23.9 Å². The van der Waals surface area contributed by atoms with Gasteiger partial charge in [-0.3, -0.25) is 0 Å². The normalized spacial score (nSPS) is 10.1. The quantitative estimate of drug-likeness (QED) is 0.704. The molecule has 7 heteroatoms. The Balaban J connectivity index is 1.86. The number of hydrogen-bond acceptors (Lipinski definition) is 4. The SMILES string of the molecule is CCOC(=O)NCCOc1ccc(Oc2cccc(Cl)c2)cc1Cl. The molecule has 2 rings (SSSR count). The summed E-state index contributed by atoms with van der Waals surface area (Å²) in [6.45, 7) is 2.65. The van der Waals surface area contributed by atoms with Crippen molar-refractivity contribution in [2.45, 2.75) is 6.92 Å². The van der Waals surface area contributed by atoms with Crippen LogP contribution in [0.5, 0.6) is 17.2 Å². The molecule has 2 aromatic carbocycles. The van der Waals surface area contributed by atoms with Crippen molar-refractivity contribution in [3.63, 3.8) is 0 Å². The van der Waals surface area contributed by atoms with Gasteiger partial charge in [0, 0.05) is 11.1 Å². The number of amides is 1.